The Labute approximate surface area is 104 Å². The molecule has 3 heteroatoms. The fourth-order valence-electron chi connectivity index (χ4n) is 1.98. The highest BCUT2D eigenvalue weighted by molar-refractivity contribution is 5.93. The summed E-state index contributed by atoms with van der Waals surface area (Å²) in [5.74, 6) is 0.173. The van der Waals surface area contributed by atoms with Crippen LogP contribution in [0.5, 0.6) is 0 Å². The zero-order valence-electron chi connectivity index (χ0n) is 11.2. The van der Waals surface area contributed by atoms with Gasteiger partial charge < -0.3 is 10.2 Å². The molecule has 94 valence electrons. The van der Waals surface area contributed by atoms with Gasteiger partial charge >= 0.3 is 0 Å². The Morgan fingerprint density at radius 2 is 1.82 bits per heavy atom. The van der Waals surface area contributed by atoms with Crippen LogP contribution in [0.15, 0.2) is 18.2 Å². The number of hydrogen-bond donors (Lipinski definition) is 1. The van der Waals surface area contributed by atoms with Crippen molar-refractivity contribution in [1.29, 1.82) is 0 Å². The second kappa shape index (κ2) is 6.40. The summed E-state index contributed by atoms with van der Waals surface area (Å²) in [5.41, 5.74) is 3.39. The Morgan fingerprint density at radius 3 is 2.29 bits per heavy atom. The van der Waals surface area contributed by atoms with Gasteiger partial charge in [-0.25, -0.2) is 0 Å². The number of aryl methyl sites for hydroxylation is 2. The summed E-state index contributed by atoms with van der Waals surface area (Å²) in [6.45, 7) is 7.56. The van der Waals surface area contributed by atoms with Gasteiger partial charge in [-0.1, -0.05) is 6.07 Å². The van der Waals surface area contributed by atoms with Gasteiger partial charge in [-0.2, -0.15) is 0 Å². The maximum atomic E-state index is 12.0. The van der Waals surface area contributed by atoms with Crippen LogP contribution in [-0.4, -0.2) is 26.0 Å². The molecule has 1 N–H and O–H groups in total. The number of amides is 1. The highest BCUT2D eigenvalue weighted by Crippen LogP contribution is 2.19. The highest BCUT2D eigenvalue weighted by Gasteiger charge is 2.13. The van der Waals surface area contributed by atoms with Crippen LogP contribution in [0.4, 0.5) is 5.69 Å². The number of benzene rings is 1. The predicted octanol–water partition coefficient (Wildman–Crippen LogP) is 2.27. The normalized spacial score (nSPS) is 10.4. The van der Waals surface area contributed by atoms with Gasteiger partial charge in [0.05, 0.1) is 0 Å². The lowest BCUT2D eigenvalue weighted by Crippen LogP contribution is -2.32. The summed E-state index contributed by atoms with van der Waals surface area (Å²) in [4.78, 5) is 13.9. The van der Waals surface area contributed by atoms with Gasteiger partial charge in [0.15, 0.2) is 0 Å². The molecule has 0 spiro atoms. The number of hydrogen-bond acceptors (Lipinski definition) is 2. The van der Waals surface area contributed by atoms with Crippen molar-refractivity contribution >= 4 is 11.6 Å². The average Bonchev–Trinajstić information content (AvgIpc) is 2.26. The van der Waals surface area contributed by atoms with Crippen molar-refractivity contribution in [2.24, 2.45) is 0 Å². The van der Waals surface area contributed by atoms with Gasteiger partial charge in [-0.3, -0.25) is 4.79 Å². The third kappa shape index (κ3) is 3.86. The third-order valence-electron chi connectivity index (χ3n) is 2.72. The summed E-state index contributed by atoms with van der Waals surface area (Å²) >= 11 is 0. The SMILES string of the molecule is CCN(C(=O)CCNC)c1cc(C)cc(C)c1. The van der Waals surface area contributed by atoms with E-state index in [2.05, 4.69) is 37.4 Å². The first-order chi connectivity index (χ1) is 8.08. The minimum absolute atomic E-state index is 0.173. The minimum Gasteiger partial charge on any atom is -0.319 e. The molecule has 0 aliphatic carbocycles. The smallest absolute Gasteiger partial charge is 0.228 e. The third-order valence-corrected chi connectivity index (χ3v) is 2.72. The number of carbonyl (C=O) groups excluding carboxylic acids is 1. The Morgan fingerprint density at radius 1 is 1.24 bits per heavy atom. The molecule has 1 aromatic carbocycles. The van der Waals surface area contributed by atoms with Gasteiger partial charge in [0.1, 0.15) is 0 Å². The lowest BCUT2D eigenvalue weighted by atomic mass is 10.1. The molecule has 0 bridgehead atoms. The van der Waals surface area contributed by atoms with Crippen molar-refractivity contribution in [3.05, 3.63) is 29.3 Å². The first kappa shape index (κ1) is 13.7. The zero-order chi connectivity index (χ0) is 12.8. The van der Waals surface area contributed by atoms with Crippen LogP contribution in [0.1, 0.15) is 24.5 Å². The lowest BCUT2D eigenvalue weighted by Gasteiger charge is -2.22. The summed E-state index contributed by atoms with van der Waals surface area (Å²) in [6, 6.07) is 6.25. The van der Waals surface area contributed by atoms with Crippen LogP contribution < -0.4 is 10.2 Å². The van der Waals surface area contributed by atoms with Gasteiger partial charge in [0.2, 0.25) is 5.91 Å². The fraction of sp³-hybridized carbons (Fsp3) is 0.500. The summed E-state index contributed by atoms with van der Waals surface area (Å²) in [7, 11) is 1.86. The molecule has 0 atom stereocenters. The number of anilines is 1. The van der Waals surface area contributed by atoms with Crippen LogP contribution in [0.2, 0.25) is 0 Å². The standard InChI is InChI=1S/C14H22N2O/c1-5-16(14(17)6-7-15-4)13-9-11(2)8-12(3)10-13/h8-10,15H,5-7H2,1-4H3. The highest BCUT2D eigenvalue weighted by atomic mass is 16.2. The van der Waals surface area contributed by atoms with Gasteiger partial charge in [-0.15, -0.1) is 0 Å². The maximum absolute atomic E-state index is 12.0. The number of rotatable bonds is 5. The molecule has 0 heterocycles. The molecular formula is C14H22N2O. The van der Waals surface area contributed by atoms with E-state index in [1.165, 1.54) is 11.1 Å². The van der Waals surface area contributed by atoms with E-state index in [-0.39, 0.29) is 5.91 Å². The fourth-order valence-corrected chi connectivity index (χ4v) is 1.98. The summed E-state index contributed by atoms with van der Waals surface area (Å²) in [6.07, 6.45) is 0.539. The zero-order valence-corrected chi connectivity index (χ0v) is 11.2. The molecule has 17 heavy (non-hydrogen) atoms. The Bertz CT molecular complexity index is 368. The van der Waals surface area contributed by atoms with Crippen LogP contribution in [0.25, 0.3) is 0 Å². The monoisotopic (exact) mass is 234 g/mol. The number of nitrogens with zero attached hydrogens (tertiary/aromatic N) is 1. The summed E-state index contributed by atoms with van der Waals surface area (Å²) in [5, 5.41) is 3.00. The molecule has 0 fully saturated rings. The van der Waals surface area contributed by atoms with E-state index in [4.69, 9.17) is 0 Å². The largest absolute Gasteiger partial charge is 0.319 e. The van der Waals surface area contributed by atoms with Crippen LogP contribution in [0.3, 0.4) is 0 Å². The molecule has 0 saturated carbocycles. The molecule has 1 amide bonds. The van der Waals surface area contributed by atoms with E-state index in [9.17, 15) is 4.79 Å². The van der Waals surface area contributed by atoms with Crippen LogP contribution in [0, 0.1) is 13.8 Å². The van der Waals surface area contributed by atoms with Crippen molar-refractivity contribution in [3.63, 3.8) is 0 Å². The molecular weight excluding hydrogens is 212 g/mol. The molecule has 0 aliphatic heterocycles. The van der Waals surface area contributed by atoms with Crippen molar-refractivity contribution in [1.82, 2.24) is 5.32 Å². The predicted molar refractivity (Wildman–Crippen MR) is 72.5 cm³/mol. The Hall–Kier alpha value is -1.35. The van der Waals surface area contributed by atoms with E-state index < -0.39 is 0 Å². The molecule has 3 nitrogen and oxygen atoms in total. The van der Waals surface area contributed by atoms with Crippen molar-refractivity contribution in [3.8, 4) is 0 Å². The van der Waals surface area contributed by atoms with Gasteiger partial charge in [-0.05, 0) is 51.1 Å². The van der Waals surface area contributed by atoms with Crippen LogP contribution in [-0.2, 0) is 4.79 Å². The Balaban J connectivity index is 2.89. The van der Waals surface area contributed by atoms with Crippen molar-refractivity contribution in [2.45, 2.75) is 27.2 Å². The van der Waals surface area contributed by atoms with E-state index in [1.54, 1.807) is 0 Å². The first-order valence-electron chi connectivity index (χ1n) is 6.11. The Kier molecular flexibility index (Phi) is 5.16. The molecule has 0 saturated heterocycles. The molecule has 0 aliphatic rings. The second-order valence-corrected chi connectivity index (χ2v) is 4.34. The van der Waals surface area contributed by atoms with E-state index in [0.717, 1.165) is 12.2 Å². The van der Waals surface area contributed by atoms with Gasteiger partial charge in [0, 0.05) is 25.2 Å². The minimum atomic E-state index is 0.173. The van der Waals surface area contributed by atoms with Crippen LogP contribution >= 0.6 is 0 Å². The summed E-state index contributed by atoms with van der Waals surface area (Å²) < 4.78 is 0. The lowest BCUT2D eigenvalue weighted by molar-refractivity contribution is -0.118. The van der Waals surface area contributed by atoms with E-state index >= 15 is 0 Å². The maximum Gasteiger partial charge on any atom is 0.228 e. The molecule has 1 aromatic rings. The topological polar surface area (TPSA) is 32.3 Å². The van der Waals surface area contributed by atoms with Crippen molar-refractivity contribution in [2.75, 3.05) is 25.0 Å². The number of nitrogens with one attached hydrogen (secondary N) is 1. The second-order valence-electron chi connectivity index (χ2n) is 4.34. The van der Waals surface area contributed by atoms with E-state index in [0.29, 0.717) is 13.0 Å². The van der Waals surface area contributed by atoms with Gasteiger partial charge in [0.25, 0.3) is 0 Å². The number of carbonyl (C=O) groups is 1. The van der Waals surface area contributed by atoms with E-state index in [1.807, 2.05) is 18.9 Å². The molecule has 0 unspecified atom stereocenters. The first-order valence-corrected chi connectivity index (χ1v) is 6.11. The molecule has 0 aromatic heterocycles. The molecule has 0 radical (unpaired) electrons. The quantitative estimate of drug-likeness (QED) is 0.847. The molecule has 1 rings (SSSR count). The van der Waals surface area contributed by atoms with Crippen molar-refractivity contribution < 1.29 is 4.79 Å². The average molecular weight is 234 g/mol.